The molecule has 1 heterocycles. The maximum Gasteiger partial charge on any atom is 0.321 e. The molecule has 3 N–H and O–H groups in total. The molecule has 14 heavy (non-hydrogen) atoms. The van der Waals surface area contributed by atoms with Crippen molar-refractivity contribution in [2.75, 3.05) is 26.3 Å². The molecule has 0 aromatic rings. The number of carbonyl (C=O) groups is 2. The maximum atomic E-state index is 10.8. The molecule has 6 nitrogen and oxygen atoms in total. The van der Waals surface area contributed by atoms with E-state index in [1.54, 1.807) is 4.90 Å². The molecule has 0 bridgehead atoms. The zero-order valence-corrected chi connectivity index (χ0v) is 7.81. The third-order valence-corrected chi connectivity index (χ3v) is 2.17. The standard InChI is InChI=1S/C8H14N2O4/c9-7(11)5-6(8(12)13)10-1-3-14-4-2-10/h6H,1-5H2,(H2,9,11)(H,12,13). The molecule has 1 amide bonds. The first-order chi connectivity index (χ1) is 6.61. The Hall–Kier alpha value is -1.14. The van der Waals surface area contributed by atoms with E-state index in [1.807, 2.05) is 0 Å². The number of nitrogens with two attached hydrogens (primary N) is 1. The van der Waals surface area contributed by atoms with Crippen LogP contribution in [0, 0.1) is 0 Å². The van der Waals surface area contributed by atoms with Gasteiger partial charge in [0.15, 0.2) is 0 Å². The third-order valence-electron chi connectivity index (χ3n) is 2.17. The van der Waals surface area contributed by atoms with Crippen molar-refractivity contribution in [2.45, 2.75) is 12.5 Å². The van der Waals surface area contributed by atoms with E-state index in [0.29, 0.717) is 26.3 Å². The summed E-state index contributed by atoms with van der Waals surface area (Å²) < 4.78 is 5.08. The number of nitrogens with zero attached hydrogens (tertiary/aromatic N) is 1. The Labute approximate surface area is 81.6 Å². The Kier molecular flexibility index (Phi) is 3.84. The van der Waals surface area contributed by atoms with Crippen LogP contribution in [0.1, 0.15) is 6.42 Å². The number of carbonyl (C=O) groups excluding carboxylic acids is 1. The summed E-state index contributed by atoms with van der Waals surface area (Å²) in [4.78, 5) is 23.2. The topological polar surface area (TPSA) is 92.9 Å². The summed E-state index contributed by atoms with van der Waals surface area (Å²) >= 11 is 0. The van der Waals surface area contributed by atoms with Crippen LogP contribution in [0.4, 0.5) is 0 Å². The largest absolute Gasteiger partial charge is 0.480 e. The second-order valence-corrected chi connectivity index (χ2v) is 3.17. The predicted molar refractivity (Wildman–Crippen MR) is 47.6 cm³/mol. The molecule has 1 fully saturated rings. The zero-order chi connectivity index (χ0) is 10.6. The number of carboxylic acid groups (broad SMARTS) is 1. The fraction of sp³-hybridized carbons (Fsp3) is 0.750. The summed E-state index contributed by atoms with van der Waals surface area (Å²) in [7, 11) is 0. The molecule has 0 aliphatic carbocycles. The Balaban J connectivity index is 2.56. The van der Waals surface area contributed by atoms with Gasteiger partial charge in [-0.05, 0) is 0 Å². The summed E-state index contributed by atoms with van der Waals surface area (Å²) in [5, 5.41) is 8.88. The summed E-state index contributed by atoms with van der Waals surface area (Å²) in [5.74, 6) is -1.60. The third kappa shape index (κ3) is 2.97. The molecule has 1 aliphatic rings. The Morgan fingerprint density at radius 1 is 1.43 bits per heavy atom. The van der Waals surface area contributed by atoms with Crippen LogP contribution in [0.3, 0.4) is 0 Å². The van der Waals surface area contributed by atoms with Crippen LogP contribution in [0.15, 0.2) is 0 Å². The number of rotatable bonds is 4. The molecule has 1 saturated heterocycles. The lowest BCUT2D eigenvalue weighted by Gasteiger charge is -2.31. The van der Waals surface area contributed by atoms with E-state index in [1.165, 1.54) is 0 Å². The molecule has 0 radical (unpaired) electrons. The number of amides is 1. The van der Waals surface area contributed by atoms with Crippen LogP contribution >= 0.6 is 0 Å². The van der Waals surface area contributed by atoms with Gasteiger partial charge in [0.2, 0.25) is 5.91 Å². The SMILES string of the molecule is NC(=O)CC(C(=O)O)N1CCOCC1. The van der Waals surface area contributed by atoms with Crippen LogP contribution in [-0.2, 0) is 14.3 Å². The highest BCUT2D eigenvalue weighted by Gasteiger charge is 2.28. The molecule has 1 rings (SSSR count). The first-order valence-corrected chi connectivity index (χ1v) is 4.44. The minimum Gasteiger partial charge on any atom is -0.480 e. The average Bonchev–Trinajstić information content (AvgIpc) is 2.15. The number of carboxylic acids is 1. The Morgan fingerprint density at radius 3 is 2.43 bits per heavy atom. The van der Waals surface area contributed by atoms with Crippen molar-refractivity contribution in [2.24, 2.45) is 5.73 Å². The summed E-state index contributed by atoms with van der Waals surface area (Å²) in [6.45, 7) is 2.07. The quantitative estimate of drug-likeness (QED) is 0.587. The number of hydrogen-bond donors (Lipinski definition) is 2. The molecule has 0 aromatic heterocycles. The lowest BCUT2D eigenvalue weighted by Crippen LogP contribution is -2.48. The van der Waals surface area contributed by atoms with Gasteiger partial charge in [0.25, 0.3) is 0 Å². The van der Waals surface area contributed by atoms with Crippen LogP contribution in [0.2, 0.25) is 0 Å². The number of hydrogen-bond acceptors (Lipinski definition) is 4. The second-order valence-electron chi connectivity index (χ2n) is 3.17. The fourth-order valence-electron chi connectivity index (χ4n) is 1.45. The highest BCUT2D eigenvalue weighted by Crippen LogP contribution is 2.07. The van der Waals surface area contributed by atoms with Crippen LogP contribution in [-0.4, -0.2) is 54.2 Å². The monoisotopic (exact) mass is 202 g/mol. The first kappa shape index (κ1) is 10.9. The molecular formula is C8H14N2O4. The average molecular weight is 202 g/mol. The molecule has 1 unspecified atom stereocenters. The number of primary amides is 1. The smallest absolute Gasteiger partial charge is 0.321 e. The highest BCUT2D eigenvalue weighted by molar-refractivity contribution is 5.83. The van der Waals surface area contributed by atoms with Gasteiger partial charge in [-0.25, -0.2) is 0 Å². The van der Waals surface area contributed by atoms with Gasteiger partial charge in [-0.15, -0.1) is 0 Å². The van der Waals surface area contributed by atoms with Crippen molar-refractivity contribution >= 4 is 11.9 Å². The predicted octanol–water partition coefficient (Wildman–Crippen LogP) is -1.35. The molecule has 0 saturated carbocycles. The van der Waals surface area contributed by atoms with Crippen molar-refractivity contribution in [1.82, 2.24) is 4.90 Å². The minimum absolute atomic E-state index is 0.144. The summed E-state index contributed by atoms with van der Waals surface area (Å²) in [6, 6.07) is -0.809. The molecule has 1 atom stereocenters. The van der Waals surface area contributed by atoms with Crippen LogP contribution in [0.5, 0.6) is 0 Å². The lowest BCUT2D eigenvalue weighted by molar-refractivity contribution is -0.147. The number of ether oxygens (including phenoxy) is 1. The second kappa shape index (κ2) is 4.92. The van der Waals surface area contributed by atoms with Crippen molar-refractivity contribution < 1.29 is 19.4 Å². The first-order valence-electron chi connectivity index (χ1n) is 4.44. The van der Waals surface area contributed by atoms with Crippen LogP contribution < -0.4 is 5.73 Å². The number of aliphatic carboxylic acids is 1. The molecule has 80 valence electrons. The molecular weight excluding hydrogens is 188 g/mol. The van der Waals surface area contributed by atoms with Gasteiger partial charge >= 0.3 is 5.97 Å². The molecule has 0 aromatic carbocycles. The summed E-state index contributed by atoms with van der Waals surface area (Å²) in [6.07, 6.45) is -0.144. The van der Waals surface area contributed by atoms with Crippen molar-refractivity contribution in [3.05, 3.63) is 0 Å². The van der Waals surface area contributed by atoms with E-state index < -0.39 is 17.9 Å². The van der Waals surface area contributed by atoms with Gasteiger partial charge < -0.3 is 15.6 Å². The van der Waals surface area contributed by atoms with Crippen molar-refractivity contribution in [3.8, 4) is 0 Å². The van der Waals surface area contributed by atoms with Gasteiger partial charge in [0.05, 0.1) is 19.6 Å². The van der Waals surface area contributed by atoms with Gasteiger partial charge in [-0.2, -0.15) is 0 Å². The van der Waals surface area contributed by atoms with Gasteiger partial charge in [-0.1, -0.05) is 0 Å². The van der Waals surface area contributed by atoms with Crippen LogP contribution in [0.25, 0.3) is 0 Å². The van der Waals surface area contributed by atoms with Crippen molar-refractivity contribution in [3.63, 3.8) is 0 Å². The maximum absolute atomic E-state index is 10.8. The van der Waals surface area contributed by atoms with Gasteiger partial charge in [0, 0.05) is 13.1 Å². The van der Waals surface area contributed by atoms with E-state index in [0.717, 1.165) is 0 Å². The normalized spacial score (nSPS) is 20.3. The van der Waals surface area contributed by atoms with Gasteiger partial charge in [0.1, 0.15) is 6.04 Å². The minimum atomic E-state index is -1.01. The fourth-order valence-corrected chi connectivity index (χ4v) is 1.45. The van der Waals surface area contributed by atoms with E-state index in [-0.39, 0.29) is 6.42 Å². The highest BCUT2D eigenvalue weighted by atomic mass is 16.5. The Bertz CT molecular complexity index is 225. The van der Waals surface area contributed by atoms with E-state index in [9.17, 15) is 9.59 Å². The van der Waals surface area contributed by atoms with E-state index in [2.05, 4.69) is 0 Å². The van der Waals surface area contributed by atoms with E-state index in [4.69, 9.17) is 15.6 Å². The number of morpholine rings is 1. The molecule has 1 aliphatic heterocycles. The Morgan fingerprint density at radius 2 is 2.00 bits per heavy atom. The summed E-state index contributed by atoms with van der Waals surface area (Å²) in [5.41, 5.74) is 4.98. The van der Waals surface area contributed by atoms with Gasteiger partial charge in [-0.3, -0.25) is 14.5 Å². The molecule has 6 heteroatoms. The van der Waals surface area contributed by atoms with Crippen molar-refractivity contribution in [1.29, 1.82) is 0 Å². The molecule has 0 spiro atoms. The lowest BCUT2D eigenvalue weighted by atomic mass is 10.1. The van der Waals surface area contributed by atoms with E-state index >= 15 is 0 Å². The zero-order valence-electron chi connectivity index (χ0n) is 7.81.